The van der Waals surface area contributed by atoms with Gasteiger partial charge in [-0.25, -0.2) is 0 Å². The summed E-state index contributed by atoms with van der Waals surface area (Å²) in [4.78, 5) is 2.36. The van der Waals surface area contributed by atoms with E-state index in [1.54, 1.807) is 6.07 Å². The second-order valence-electron chi connectivity index (χ2n) is 4.20. The minimum absolute atomic E-state index is 0.626. The summed E-state index contributed by atoms with van der Waals surface area (Å²) in [5.41, 5.74) is 1.70. The summed E-state index contributed by atoms with van der Waals surface area (Å²) < 4.78 is 0. The Labute approximate surface area is 101 Å². The molecule has 0 heterocycles. The van der Waals surface area contributed by atoms with Crippen molar-refractivity contribution in [3.05, 3.63) is 28.8 Å². The van der Waals surface area contributed by atoms with Gasteiger partial charge in [0.2, 0.25) is 0 Å². The third-order valence-corrected chi connectivity index (χ3v) is 3.14. The largest absolute Gasteiger partial charge is 0.367 e. The molecule has 16 heavy (non-hydrogen) atoms. The van der Waals surface area contributed by atoms with Gasteiger partial charge in [-0.1, -0.05) is 18.5 Å². The van der Waals surface area contributed by atoms with Crippen LogP contribution in [0.4, 0.5) is 5.69 Å². The molecule has 1 saturated carbocycles. The molecular weight excluding hydrogens is 220 g/mol. The molecule has 0 spiro atoms. The van der Waals surface area contributed by atoms with Crippen LogP contribution in [0.25, 0.3) is 0 Å². The van der Waals surface area contributed by atoms with E-state index in [1.165, 1.54) is 12.8 Å². The van der Waals surface area contributed by atoms with E-state index in [-0.39, 0.29) is 0 Å². The van der Waals surface area contributed by atoms with Gasteiger partial charge in [-0.2, -0.15) is 5.26 Å². The summed E-state index contributed by atoms with van der Waals surface area (Å²) in [5.74, 6) is 0. The Hall–Kier alpha value is -1.20. The van der Waals surface area contributed by atoms with Crippen molar-refractivity contribution in [3.8, 4) is 6.07 Å². The zero-order chi connectivity index (χ0) is 11.5. The Balaban J connectivity index is 2.27. The van der Waals surface area contributed by atoms with Crippen LogP contribution in [0.1, 0.15) is 31.7 Å². The van der Waals surface area contributed by atoms with Gasteiger partial charge < -0.3 is 4.90 Å². The van der Waals surface area contributed by atoms with Gasteiger partial charge >= 0.3 is 0 Å². The van der Waals surface area contributed by atoms with E-state index in [0.29, 0.717) is 16.6 Å². The van der Waals surface area contributed by atoms with Gasteiger partial charge in [0.05, 0.1) is 22.3 Å². The van der Waals surface area contributed by atoms with E-state index in [4.69, 9.17) is 16.9 Å². The molecule has 0 aromatic heterocycles. The molecule has 0 bridgehead atoms. The van der Waals surface area contributed by atoms with Crippen LogP contribution in [0.5, 0.6) is 0 Å². The van der Waals surface area contributed by atoms with Gasteiger partial charge in [-0.05, 0) is 37.5 Å². The van der Waals surface area contributed by atoms with E-state index in [0.717, 1.165) is 18.7 Å². The van der Waals surface area contributed by atoms with Gasteiger partial charge in [0, 0.05) is 12.6 Å². The smallest absolute Gasteiger partial charge is 0.0992 e. The molecule has 0 unspecified atom stereocenters. The first-order valence-electron chi connectivity index (χ1n) is 5.72. The zero-order valence-corrected chi connectivity index (χ0v) is 10.2. The van der Waals surface area contributed by atoms with Crippen LogP contribution in [-0.4, -0.2) is 12.6 Å². The Morgan fingerprint density at radius 2 is 2.25 bits per heavy atom. The van der Waals surface area contributed by atoms with Gasteiger partial charge in [0.25, 0.3) is 0 Å². The lowest BCUT2D eigenvalue weighted by Gasteiger charge is -2.25. The van der Waals surface area contributed by atoms with Crippen LogP contribution in [0, 0.1) is 11.3 Å². The van der Waals surface area contributed by atoms with E-state index >= 15 is 0 Å². The fourth-order valence-corrected chi connectivity index (χ4v) is 2.23. The first-order valence-corrected chi connectivity index (χ1v) is 6.10. The van der Waals surface area contributed by atoms with Crippen molar-refractivity contribution in [2.45, 2.75) is 32.2 Å². The highest BCUT2D eigenvalue weighted by Crippen LogP contribution is 2.36. The molecule has 1 aromatic carbocycles. The average Bonchev–Trinajstić information content (AvgIpc) is 3.10. The summed E-state index contributed by atoms with van der Waals surface area (Å²) in [6.07, 6.45) is 3.64. The molecule has 2 nitrogen and oxygen atoms in total. The molecule has 0 saturated heterocycles. The zero-order valence-electron chi connectivity index (χ0n) is 9.41. The minimum atomic E-state index is 0.626. The van der Waals surface area contributed by atoms with Crippen molar-refractivity contribution < 1.29 is 0 Å². The van der Waals surface area contributed by atoms with Crippen LogP contribution in [0.3, 0.4) is 0 Å². The molecule has 1 fully saturated rings. The molecule has 0 aliphatic heterocycles. The van der Waals surface area contributed by atoms with Crippen molar-refractivity contribution in [1.82, 2.24) is 0 Å². The first kappa shape index (κ1) is 11.3. The highest BCUT2D eigenvalue weighted by Gasteiger charge is 2.29. The van der Waals surface area contributed by atoms with Crippen LogP contribution in [0.15, 0.2) is 18.2 Å². The van der Waals surface area contributed by atoms with Crippen molar-refractivity contribution in [3.63, 3.8) is 0 Å². The maximum absolute atomic E-state index is 8.79. The number of nitrogens with zero attached hydrogens (tertiary/aromatic N) is 2. The fourth-order valence-electron chi connectivity index (χ4n) is 1.94. The number of rotatable bonds is 4. The Morgan fingerprint density at radius 1 is 1.50 bits per heavy atom. The van der Waals surface area contributed by atoms with Gasteiger partial charge in [-0.15, -0.1) is 0 Å². The lowest BCUT2D eigenvalue weighted by molar-refractivity contribution is 0.763. The van der Waals surface area contributed by atoms with Crippen molar-refractivity contribution in [2.24, 2.45) is 0 Å². The number of anilines is 1. The summed E-state index contributed by atoms with van der Waals surface area (Å²) in [6, 6.07) is 8.32. The van der Waals surface area contributed by atoms with E-state index in [9.17, 15) is 0 Å². The molecule has 0 atom stereocenters. The predicted molar refractivity (Wildman–Crippen MR) is 66.8 cm³/mol. The molecule has 3 heteroatoms. The quantitative estimate of drug-likeness (QED) is 0.796. The Kier molecular flexibility index (Phi) is 3.36. The molecule has 0 amide bonds. The van der Waals surface area contributed by atoms with Gasteiger partial charge in [-0.3, -0.25) is 0 Å². The van der Waals surface area contributed by atoms with E-state index in [1.807, 2.05) is 12.1 Å². The fraction of sp³-hybridized carbons (Fsp3) is 0.462. The van der Waals surface area contributed by atoms with Crippen molar-refractivity contribution in [1.29, 1.82) is 5.26 Å². The van der Waals surface area contributed by atoms with Gasteiger partial charge in [0.1, 0.15) is 0 Å². The first-order chi connectivity index (χ1) is 7.76. The summed E-state index contributed by atoms with van der Waals surface area (Å²) in [5, 5.41) is 9.49. The number of halogens is 1. The van der Waals surface area contributed by atoms with Crippen molar-refractivity contribution >= 4 is 17.3 Å². The second-order valence-corrected chi connectivity index (χ2v) is 4.61. The third kappa shape index (κ3) is 2.31. The Bertz CT molecular complexity index is 418. The summed E-state index contributed by atoms with van der Waals surface area (Å²) >= 11 is 6.22. The van der Waals surface area contributed by atoms with Crippen LogP contribution >= 0.6 is 11.6 Å². The molecule has 84 valence electrons. The monoisotopic (exact) mass is 234 g/mol. The number of hydrogen-bond donors (Lipinski definition) is 0. The van der Waals surface area contributed by atoms with Crippen molar-refractivity contribution in [2.75, 3.05) is 11.4 Å². The summed E-state index contributed by atoms with van der Waals surface area (Å²) in [7, 11) is 0. The lowest BCUT2D eigenvalue weighted by Crippen LogP contribution is -2.26. The summed E-state index contributed by atoms with van der Waals surface area (Å²) in [6.45, 7) is 3.21. The lowest BCUT2D eigenvalue weighted by atomic mass is 10.2. The predicted octanol–water partition coefficient (Wildman–Crippen LogP) is 3.59. The van der Waals surface area contributed by atoms with E-state index < -0.39 is 0 Å². The average molecular weight is 235 g/mol. The second kappa shape index (κ2) is 4.76. The van der Waals surface area contributed by atoms with Crippen LogP contribution in [0.2, 0.25) is 5.02 Å². The maximum atomic E-state index is 8.79. The van der Waals surface area contributed by atoms with E-state index in [2.05, 4.69) is 17.9 Å². The molecule has 0 N–H and O–H groups in total. The molecule has 0 radical (unpaired) electrons. The normalized spacial score (nSPS) is 14.6. The van der Waals surface area contributed by atoms with Crippen LogP contribution < -0.4 is 4.90 Å². The molecule has 1 aliphatic carbocycles. The molecule has 2 rings (SSSR count). The SMILES string of the molecule is CCCN(c1ccc(C#N)cc1Cl)C1CC1. The van der Waals surface area contributed by atoms with Gasteiger partial charge in [0.15, 0.2) is 0 Å². The third-order valence-electron chi connectivity index (χ3n) is 2.84. The number of hydrogen-bond acceptors (Lipinski definition) is 2. The molecule has 1 aromatic rings. The molecule has 1 aliphatic rings. The highest BCUT2D eigenvalue weighted by atomic mass is 35.5. The minimum Gasteiger partial charge on any atom is -0.367 e. The number of nitriles is 1. The van der Waals surface area contributed by atoms with Crippen LogP contribution in [-0.2, 0) is 0 Å². The molecular formula is C13H15ClN2. The maximum Gasteiger partial charge on any atom is 0.0992 e. The standard InChI is InChI=1S/C13H15ClN2/c1-2-7-16(11-4-5-11)13-6-3-10(9-15)8-12(13)14/h3,6,8,11H,2,4-5,7H2,1H3. The number of benzene rings is 1. The topological polar surface area (TPSA) is 27.0 Å². The Morgan fingerprint density at radius 3 is 2.75 bits per heavy atom. The highest BCUT2D eigenvalue weighted by molar-refractivity contribution is 6.33.